The monoisotopic (exact) mass is 372 g/mol. The van der Waals surface area contributed by atoms with Crippen molar-refractivity contribution >= 4 is 19.3 Å². The maximum atomic E-state index is 11.7. The molecular weight excluding hydrogens is 347 g/mol. The van der Waals surface area contributed by atoms with Crippen molar-refractivity contribution in [1.82, 2.24) is 0 Å². The average Bonchev–Trinajstić information content (AvgIpc) is 2.44. The van der Waals surface area contributed by atoms with Crippen LogP contribution < -0.4 is 4.74 Å². The summed E-state index contributed by atoms with van der Waals surface area (Å²) in [6.45, 7) is 5.74. The minimum absolute atomic E-state index is 0.0587. The van der Waals surface area contributed by atoms with Crippen molar-refractivity contribution in [2.24, 2.45) is 0 Å². The number of esters is 2. The van der Waals surface area contributed by atoms with Gasteiger partial charge in [-0.05, 0) is 38.5 Å². The molecule has 0 spiro atoms. The largest absolute Gasteiger partial charge is 0.631 e. The first-order chi connectivity index (χ1) is 11.7. The van der Waals surface area contributed by atoms with E-state index in [0.717, 1.165) is 0 Å². The summed E-state index contributed by atoms with van der Waals surface area (Å²) >= 11 is 0. The zero-order valence-corrected chi connectivity index (χ0v) is 15.4. The second-order valence-electron chi connectivity index (χ2n) is 6.27. The van der Waals surface area contributed by atoms with Gasteiger partial charge in [0.1, 0.15) is 11.3 Å². The van der Waals surface area contributed by atoms with E-state index in [4.69, 9.17) is 19.8 Å². The molecule has 26 heavy (non-hydrogen) atoms. The fourth-order valence-electron chi connectivity index (χ4n) is 1.81. The predicted octanol–water partition coefficient (Wildman–Crippen LogP) is -0.589. The van der Waals surface area contributed by atoms with Crippen molar-refractivity contribution in [3.05, 3.63) is 29.3 Å². The van der Waals surface area contributed by atoms with Gasteiger partial charge >= 0.3 is 19.3 Å². The van der Waals surface area contributed by atoms with E-state index in [0.29, 0.717) is 5.56 Å². The maximum absolute atomic E-state index is 11.7. The summed E-state index contributed by atoms with van der Waals surface area (Å²) in [7, 11) is -0.938. The molecule has 10 heteroatoms. The van der Waals surface area contributed by atoms with Crippen LogP contribution in [0.15, 0.2) is 18.2 Å². The van der Waals surface area contributed by atoms with Crippen molar-refractivity contribution in [3.63, 3.8) is 0 Å². The zero-order valence-electron chi connectivity index (χ0n) is 15.4. The lowest BCUT2D eigenvalue weighted by Gasteiger charge is -2.35. The van der Waals surface area contributed by atoms with Crippen LogP contribution in [0.4, 0.5) is 0 Å². The Morgan fingerprint density at radius 1 is 1.12 bits per heavy atom. The van der Waals surface area contributed by atoms with Crippen LogP contribution in [-0.2, 0) is 16.0 Å². The summed E-state index contributed by atoms with van der Waals surface area (Å²) < 4.78 is 9.66. The van der Waals surface area contributed by atoms with Crippen molar-refractivity contribution in [3.8, 4) is 5.75 Å². The topological polar surface area (TPSA) is 154 Å². The van der Waals surface area contributed by atoms with Crippen LogP contribution in [0, 0.1) is 0 Å². The van der Waals surface area contributed by atoms with E-state index in [9.17, 15) is 19.8 Å². The summed E-state index contributed by atoms with van der Waals surface area (Å²) in [5, 5.41) is 41.8. The molecule has 0 aromatic heterocycles. The fourth-order valence-corrected chi connectivity index (χ4v) is 1.81. The molecule has 0 aliphatic carbocycles. The van der Waals surface area contributed by atoms with E-state index in [1.165, 1.54) is 46.9 Å². The lowest BCUT2D eigenvalue weighted by Crippen LogP contribution is -2.49. The third-order valence-electron chi connectivity index (χ3n) is 3.57. The molecule has 1 aromatic carbocycles. The van der Waals surface area contributed by atoms with Crippen LogP contribution in [0.5, 0.6) is 5.75 Å². The van der Waals surface area contributed by atoms with Gasteiger partial charge in [-0.2, -0.15) is 0 Å². The summed E-state index contributed by atoms with van der Waals surface area (Å²) in [5.74, 6) is -1.14. The van der Waals surface area contributed by atoms with Gasteiger partial charge in [0.2, 0.25) is 0 Å². The molecule has 0 radical (unpaired) electrons. The highest BCUT2D eigenvalue weighted by atomic mass is 16.5. The number of hydrogen-bond acceptors (Lipinski definition) is 9. The molecular formula is C16H25BO9. The molecule has 0 saturated carbocycles. The Labute approximate surface area is 152 Å². The molecule has 0 saturated heterocycles. The van der Waals surface area contributed by atoms with Gasteiger partial charge in [0.05, 0.1) is 18.3 Å². The van der Waals surface area contributed by atoms with Crippen LogP contribution in [0.2, 0.25) is 0 Å². The minimum Gasteiger partial charge on any atom is -0.465 e. The zero-order chi connectivity index (χ0) is 20.7. The lowest BCUT2D eigenvalue weighted by molar-refractivity contribution is -0.131. The number of ether oxygens (including phenoxy) is 2. The third-order valence-corrected chi connectivity index (χ3v) is 3.57. The molecule has 1 aromatic rings. The summed E-state index contributed by atoms with van der Waals surface area (Å²) in [6.07, 6.45) is 0.117. The summed E-state index contributed by atoms with van der Waals surface area (Å²) in [4.78, 5) is 22.8. The van der Waals surface area contributed by atoms with Crippen molar-refractivity contribution in [1.29, 1.82) is 0 Å². The van der Waals surface area contributed by atoms with Crippen LogP contribution >= 0.6 is 0 Å². The quantitative estimate of drug-likeness (QED) is 0.259. The van der Waals surface area contributed by atoms with Gasteiger partial charge in [-0.1, -0.05) is 6.07 Å². The van der Waals surface area contributed by atoms with Gasteiger partial charge in [-0.25, -0.2) is 4.79 Å². The molecule has 1 atom stereocenters. The number of rotatable bonds is 5. The number of hydrogen-bond donors (Lipinski definition) is 5. The Balaban J connectivity index is 0.00000141. The Morgan fingerprint density at radius 2 is 1.62 bits per heavy atom. The molecule has 0 heterocycles. The number of carbonyl (C=O) groups excluding carboxylic acids is 2. The van der Waals surface area contributed by atoms with Gasteiger partial charge in [0, 0.05) is 13.3 Å². The molecule has 1 unspecified atom stereocenters. The van der Waals surface area contributed by atoms with E-state index in [1.54, 1.807) is 6.07 Å². The second-order valence-corrected chi connectivity index (χ2v) is 6.27. The number of aliphatic hydroxyl groups is 2. The van der Waals surface area contributed by atoms with Crippen molar-refractivity contribution in [2.75, 3.05) is 7.11 Å². The second kappa shape index (κ2) is 9.65. The molecule has 9 nitrogen and oxygen atoms in total. The standard InChI is InChI=1S/C16H22O6.BH3O3/c1-10(17)22-13-8-11(6-7-12(13)14(18)21-5)9-16(4,20)15(2,3)19;2-1(3)4/h6-8,19-20H,9H2,1-5H3;2-4H. The Morgan fingerprint density at radius 3 is 2.00 bits per heavy atom. The fraction of sp³-hybridized carbons (Fsp3) is 0.500. The van der Waals surface area contributed by atoms with Gasteiger partial charge < -0.3 is 34.8 Å². The lowest BCUT2D eigenvalue weighted by atomic mass is 9.82. The van der Waals surface area contributed by atoms with Gasteiger partial charge in [-0.15, -0.1) is 0 Å². The SMILES string of the molecule is COC(=O)c1ccc(CC(C)(O)C(C)(C)O)cc1OC(C)=O.OB(O)O. The molecule has 1 rings (SSSR count). The molecule has 0 amide bonds. The number of benzene rings is 1. The number of methoxy groups -OCH3 is 1. The van der Waals surface area contributed by atoms with E-state index in [2.05, 4.69) is 4.74 Å². The molecule has 5 N–H and O–H groups in total. The van der Waals surface area contributed by atoms with Gasteiger partial charge in [-0.3, -0.25) is 4.79 Å². The predicted molar refractivity (Wildman–Crippen MR) is 92.1 cm³/mol. The highest BCUT2D eigenvalue weighted by Gasteiger charge is 2.37. The minimum atomic E-state index is -2.17. The average molecular weight is 372 g/mol. The van der Waals surface area contributed by atoms with Gasteiger partial charge in [0.25, 0.3) is 0 Å². The molecule has 0 aliphatic rings. The highest BCUT2D eigenvalue weighted by molar-refractivity contribution is 6.30. The molecule has 0 aliphatic heterocycles. The number of carbonyl (C=O) groups is 2. The molecule has 146 valence electrons. The molecule has 0 bridgehead atoms. The van der Waals surface area contributed by atoms with Crippen molar-refractivity contribution < 1.29 is 44.3 Å². The highest BCUT2D eigenvalue weighted by Crippen LogP contribution is 2.29. The Hall–Kier alpha value is -1.98. The van der Waals surface area contributed by atoms with Crippen LogP contribution in [0.1, 0.15) is 43.6 Å². The van der Waals surface area contributed by atoms with Crippen LogP contribution in [0.25, 0.3) is 0 Å². The maximum Gasteiger partial charge on any atom is 0.631 e. The first kappa shape index (κ1) is 24.0. The van der Waals surface area contributed by atoms with Crippen LogP contribution in [0.3, 0.4) is 0 Å². The third kappa shape index (κ3) is 7.94. The molecule has 0 fully saturated rings. The van der Waals surface area contributed by atoms with E-state index in [1.807, 2.05) is 0 Å². The van der Waals surface area contributed by atoms with E-state index >= 15 is 0 Å². The first-order valence-corrected chi connectivity index (χ1v) is 7.60. The summed E-state index contributed by atoms with van der Waals surface area (Å²) in [5.41, 5.74) is -2.00. The van der Waals surface area contributed by atoms with E-state index < -0.39 is 30.5 Å². The van der Waals surface area contributed by atoms with Crippen molar-refractivity contribution in [2.45, 2.75) is 45.3 Å². The summed E-state index contributed by atoms with van der Waals surface area (Å²) in [6, 6.07) is 4.55. The Bertz CT molecular complexity index is 618. The normalized spacial score (nSPS) is 13.0. The first-order valence-electron chi connectivity index (χ1n) is 7.60. The smallest absolute Gasteiger partial charge is 0.465 e. The van der Waals surface area contributed by atoms with Crippen LogP contribution in [-0.4, -0.2) is 62.9 Å². The van der Waals surface area contributed by atoms with E-state index in [-0.39, 0.29) is 17.7 Å². The Kier molecular flexibility index (Phi) is 8.92. The van der Waals surface area contributed by atoms with Gasteiger partial charge in [0.15, 0.2) is 0 Å².